The fourth-order valence-corrected chi connectivity index (χ4v) is 3.33. The zero-order chi connectivity index (χ0) is 15.4. The van der Waals surface area contributed by atoms with E-state index >= 15 is 0 Å². The van der Waals surface area contributed by atoms with Crippen LogP contribution in [0.4, 0.5) is 0 Å². The maximum atomic E-state index is 12.1. The molecule has 1 aliphatic rings. The molecule has 22 heavy (non-hydrogen) atoms. The molecule has 1 saturated heterocycles. The smallest absolute Gasteiger partial charge is 0.233 e. The quantitative estimate of drug-likeness (QED) is 0.789. The second-order valence-electron chi connectivity index (χ2n) is 5.03. The summed E-state index contributed by atoms with van der Waals surface area (Å²) in [5.74, 6) is 1.29. The first kappa shape index (κ1) is 14.9. The van der Waals surface area contributed by atoms with Gasteiger partial charge in [0.1, 0.15) is 12.1 Å². The van der Waals surface area contributed by atoms with Crippen molar-refractivity contribution in [3.8, 4) is 11.4 Å². The second kappa shape index (κ2) is 6.83. The van der Waals surface area contributed by atoms with Gasteiger partial charge >= 0.3 is 0 Å². The number of likely N-dealkylation sites (tertiary alicyclic amines) is 1. The molecule has 116 valence electrons. The Balaban J connectivity index is 1.73. The lowest BCUT2D eigenvalue weighted by molar-refractivity contribution is -0.127. The monoisotopic (exact) mass is 318 g/mol. The summed E-state index contributed by atoms with van der Waals surface area (Å²) >= 11 is 1.41. The van der Waals surface area contributed by atoms with E-state index in [-0.39, 0.29) is 5.91 Å². The van der Waals surface area contributed by atoms with Gasteiger partial charge in [-0.25, -0.2) is 0 Å². The van der Waals surface area contributed by atoms with E-state index in [1.165, 1.54) is 11.8 Å². The minimum Gasteiger partial charge on any atom is -0.495 e. The van der Waals surface area contributed by atoms with Crippen LogP contribution in [-0.2, 0) is 4.79 Å². The van der Waals surface area contributed by atoms with E-state index in [0.717, 1.165) is 37.4 Å². The summed E-state index contributed by atoms with van der Waals surface area (Å²) in [6.07, 6.45) is 3.85. The summed E-state index contributed by atoms with van der Waals surface area (Å²) in [5, 5.41) is 8.77. The highest BCUT2D eigenvalue weighted by molar-refractivity contribution is 7.99. The Labute approximate surface area is 133 Å². The molecule has 2 heterocycles. The molecule has 3 rings (SSSR count). The van der Waals surface area contributed by atoms with Crippen LogP contribution in [0.15, 0.2) is 35.7 Å². The van der Waals surface area contributed by atoms with Crippen molar-refractivity contribution in [3.05, 3.63) is 30.6 Å². The molecule has 1 aliphatic heterocycles. The van der Waals surface area contributed by atoms with Gasteiger partial charge in [-0.2, -0.15) is 0 Å². The standard InChI is InChI=1S/C15H18N4O2S/c1-21-13-7-3-2-6-12(13)19-11-16-17-15(19)22-10-14(20)18-8-4-5-9-18/h2-3,6-7,11H,4-5,8-10H2,1H3. The summed E-state index contributed by atoms with van der Waals surface area (Å²) in [6, 6.07) is 7.67. The first-order chi connectivity index (χ1) is 10.8. The predicted molar refractivity (Wildman–Crippen MR) is 84.4 cm³/mol. The first-order valence-electron chi connectivity index (χ1n) is 7.23. The lowest BCUT2D eigenvalue weighted by Crippen LogP contribution is -2.29. The third-order valence-electron chi connectivity index (χ3n) is 3.64. The third kappa shape index (κ3) is 3.09. The van der Waals surface area contributed by atoms with E-state index < -0.39 is 0 Å². The molecule has 0 bridgehead atoms. The Morgan fingerprint density at radius 3 is 2.86 bits per heavy atom. The van der Waals surface area contributed by atoms with Crippen molar-refractivity contribution in [2.75, 3.05) is 26.0 Å². The van der Waals surface area contributed by atoms with Gasteiger partial charge in [0.15, 0.2) is 5.16 Å². The number of thioether (sulfide) groups is 1. The van der Waals surface area contributed by atoms with Gasteiger partial charge < -0.3 is 9.64 Å². The molecule has 0 spiro atoms. The van der Waals surface area contributed by atoms with E-state index in [0.29, 0.717) is 10.9 Å². The first-order valence-corrected chi connectivity index (χ1v) is 8.22. The van der Waals surface area contributed by atoms with Crippen molar-refractivity contribution in [3.63, 3.8) is 0 Å². The average Bonchev–Trinajstić information content (AvgIpc) is 3.24. The van der Waals surface area contributed by atoms with E-state index in [4.69, 9.17) is 4.74 Å². The highest BCUT2D eigenvalue weighted by atomic mass is 32.2. The van der Waals surface area contributed by atoms with Crippen molar-refractivity contribution in [2.24, 2.45) is 0 Å². The van der Waals surface area contributed by atoms with Crippen LogP contribution in [0.5, 0.6) is 5.75 Å². The number of para-hydroxylation sites is 2. The summed E-state index contributed by atoms with van der Waals surface area (Å²) in [5.41, 5.74) is 0.867. The molecule has 0 N–H and O–H groups in total. The number of carbonyl (C=O) groups excluding carboxylic acids is 1. The van der Waals surface area contributed by atoms with Gasteiger partial charge in [0, 0.05) is 13.1 Å². The van der Waals surface area contributed by atoms with Crippen LogP contribution < -0.4 is 4.74 Å². The van der Waals surface area contributed by atoms with Gasteiger partial charge in [0.2, 0.25) is 5.91 Å². The fraction of sp³-hybridized carbons (Fsp3) is 0.400. The summed E-state index contributed by atoms with van der Waals surface area (Å²) in [6.45, 7) is 1.75. The topological polar surface area (TPSA) is 60.2 Å². The van der Waals surface area contributed by atoms with Crippen molar-refractivity contribution >= 4 is 17.7 Å². The Bertz CT molecular complexity index is 652. The van der Waals surface area contributed by atoms with Gasteiger partial charge in [-0.15, -0.1) is 10.2 Å². The minimum absolute atomic E-state index is 0.164. The second-order valence-corrected chi connectivity index (χ2v) is 5.97. The lowest BCUT2D eigenvalue weighted by atomic mass is 10.3. The van der Waals surface area contributed by atoms with Gasteiger partial charge in [-0.3, -0.25) is 9.36 Å². The normalized spacial score (nSPS) is 14.3. The molecule has 6 nitrogen and oxygen atoms in total. The number of amides is 1. The molecule has 7 heteroatoms. The fourth-order valence-electron chi connectivity index (χ4n) is 2.50. The highest BCUT2D eigenvalue weighted by Gasteiger charge is 2.19. The van der Waals surface area contributed by atoms with Gasteiger partial charge in [0.25, 0.3) is 0 Å². The van der Waals surface area contributed by atoms with Gasteiger partial charge in [0.05, 0.1) is 18.6 Å². The molecule has 0 radical (unpaired) electrons. The molecule has 0 saturated carbocycles. The number of hydrogen-bond donors (Lipinski definition) is 0. The van der Waals surface area contributed by atoms with Crippen LogP contribution in [0.2, 0.25) is 0 Å². The van der Waals surface area contributed by atoms with E-state index in [1.54, 1.807) is 13.4 Å². The number of hydrogen-bond acceptors (Lipinski definition) is 5. The number of nitrogens with zero attached hydrogens (tertiary/aromatic N) is 4. The Kier molecular flexibility index (Phi) is 4.62. The van der Waals surface area contributed by atoms with Crippen molar-refractivity contribution in [1.82, 2.24) is 19.7 Å². The molecule has 0 atom stereocenters. The molecular formula is C15H18N4O2S. The highest BCUT2D eigenvalue weighted by Crippen LogP contribution is 2.26. The van der Waals surface area contributed by atoms with Crippen molar-refractivity contribution in [2.45, 2.75) is 18.0 Å². The molecule has 2 aromatic rings. The summed E-state index contributed by atoms with van der Waals surface area (Å²) in [4.78, 5) is 14.0. The predicted octanol–water partition coefficient (Wildman–Crippen LogP) is 1.99. The number of methoxy groups -OCH3 is 1. The van der Waals surface area contributed by atoms with Crippen LogP contribution in [0, 0.1) is 0 Å². The maximum Gasteiger partial charge on any atom is 0.233 e. The Morgan fingerprint density at radius 1 is 1.32 bits per heavy atom. The third-order valence-corrected chi connectivity index (χ3v) is 4.57. The molecule has 1 amide bonds. The maximum absolute atomic E-state index is 12.1. The average molecular weight is 318 g/mol. The summed E-state index contributed by atoms with van der Waals surface area (Å²) in [7, 11) is 1.63. The molecule has 1 aromatic heterocycles. The number of aromatic nitrogens is 3. The van der Waals surface area contributed by atoms with E-state index in [9.17, 15) is 4.79 Å². The molecular weight excluding hydrogens is 300 g/mol. The van der Waals surface area contributed by atoms with Crippen LogP contribution in [-0.4, -0.2) is 51.5 Å². The van der Waals surface area contributed by atoms with Gasteiger partial charge in [-0.05, 0) is 25.0 Å². The number of rotatable bonds is 5. The largest absolute Gasteiger partial charge is 0.495 e. The minimum atomic E-state index is 0.164. The van der Waals surface area contributed by atoms with E-state index in [2.05, 4.69) is 10.2 Å². The number of carbonyl (C=O) groups is 1. The van der Waals surface area contributed by atoms with Crippen LogP contribution in [0.3, 0.4) is 0 Å². The van der Waals surface area contributed by atoms with Crippen molar-refractivity contribution in [1.29, 1.82) is 0 Å². The van der Waals surface area contributed by atoms with E-state index in [1.807, 2.05) is 33.7 Å². The number of ether oxygens (including phenoxy) is 1. The van der Waals surface area contributed by atoms with Gasteiger partial charge in [-0.1, -0.05) is 23.9 Å². The van der Waals surface area contributed by atoms with Crippen LogP contribution >= 0.6 is 11.8 Å². The molecule has 0 unspecified atom stereocenters. The van der Waals surface area contributed by atoms with Crippen LogP contribution in [0.25, 0.3) is 5.69 Å². The van der Waals surface area contributed by atoms with Crippen molar-refractivity contribution < 1.29 is 9.53 Å². The molecule has 1 fully saturated rings. The van der Waals surface area contributed by atoms with Crippen LogP contribution in [0.1, 0.15) is 12.8 Å². The zero-order valence-electron chi connectivity index (χ0n) is 12.4. The zero-order valence-corrected chi connectivity index (χ0v) is 13.3. The number of benzene rings is 1. The summed E-state index contributed by atoms with van der Waals surface area (Å²) < 4.78 is 7.22. The SMILES string of the molecule is COc1ccccc1-n1cnnc1SCC(=O)N1CCCC1. The molecule has 1 aromatic carbocycles. The lowest BCUT2D eigenvalue weighted by Gasteiger charge is -2.15. The Morgan fingerprint density at radius 2 is 2.09 bits per heavy atom. The Hall–Kier alpha value is -2.02. The molecule has 0 aliphatic carbocycles.